The molecule has 2 aromatic rings. The Morgan fingerprint density at radius 1 is 1.03 bits per heavy atom. The van der Waals surface area contributed by atoms with Gasteiger partial charge < -0.3 is 9.26 Å². The minimum atomic E-state index is -0.763. The number of hydrogen-bond acceptors (Lipinski definition) is 6. The second kappa shape index (κ2) is 6.54. The zero-order valence-electron chi connectivity index (χ0n) is 15.3. The van der Waals surface area contributed by atoms with Gasteiger partial charge >= 0.3 is 0 Å². The van der Waals surface area contributed by atoms with Gasteiger partial charge in [-0.2, -0.15) is 0 Å². The van der Waals surface area contributed by atoms with Crippen molar-refractivity contribution in [2.75, 3.05) is 16.4 Å². The van der Waals surface area contributed by atoms with Gasteiger partial charge in [-0.15, -0.1) is 0 Å². The first kappa shape index (κ1) is 17.6. The van der Waals surface area contributed by atoms with Crippen LogP contribution in [0.25, 0.3) is 0 Å². The maximum Gasteiger partial charge on any atom is 0.265 e. The van der Waals surface area contributed by atoms with E-state index in [-0.39, 0.29) is 36.2 Å². The number of carbonyl (C=O) groups excluding carboxylic acids is 3. The number of fused-ring (bicyclic) bond motifs is 1. The van der Waals surface area contributed by atoms with E-state index in [0.717, 1.165) is 23.8 Å². The Morgan fingerprint density at radius 3 is 2.41 bits per heavy atom. The zero-order valence-corrected chi connectivity index (χ0v) is 15.3. The van der Waals surface area contributed by atoms with Crippen LogP contribution in [-0.4, -0.2) is 29.5 Å². The minimum absolute atomic E-state index is 0.0907. The summed E-state index contributed by atoms with van der Waals surface area (Å²) in [7, 11) is 0. The van der Waals surface area contributed by atoms with Crippen molar-refractivity contribution in [1.82, 2.24) is 5.16 Å². The predicted molar refractivity (Wildman–Crippen MR) is 97.6 cm³/mol. The fourth-order valence-corrected chi connectivity index (χ4v) is 3.99. The average molecular weight is 397 g/mol. The van der Waals surface area contributed by atoms with E-state index in [2.05, 4.69) is 5.16 Å². The number of anilines is 2. The van der Waals surface area contributed by atoms with Gasteiger partial charge in [0.25, 0.3) is 17.7 Å². The summed E-state index contributed by atoms with van der Waals surface area (Å²) in [4.78, 5) is 40.3. The quantitative estimate of drug-likeness (QED) is 0.739. The molecule has 0 saturated carbocycles. The van der Waals surface area contributed by atoms with Crippen LogP contribution in [0.3, 0.4) is 0 Å². The molecule has 1 aromatic carbocycles. The van der Waals surface area contributed by atoms with Crippen LogP contribution in [0.1, 0.15) is 31.4 Å². The van der Waals surface area contributed by atoms with Crippen LogP contribution in [0, 0.1) is 5.82 Å². The third-order valence-corrected chi connectivity index (χ3v) is 5.41. The summed E-state index contributed by atoms with van der Waals surface area (Å²) >= 11 is 0. The molecule has 0 bridgehead atoms. The van der Waals surface area contributed by atoms with E-state index in [1.807, 2.05) is 0 Å². The number of aromatic nitrogens is 1. The predicted octanol–water partition coefficient (Wildman–Crippen LogP) is 2.48. The fraction of sp³-hybridized carbons (Fsp3) is 0.300. The summed E-state index contributed by atoms with van der Waals surface area (Å²) in [6.07, 6.45) is 4.07. The van der Waals surface area contributed by atoms with Gasteiger partial charge in [-0.05, 0) is 31.7 Å². The first-order valence-corrected chi connectivity index (χ1v) is 9.31. The molecule has 0 atom stereocenters. The third kappa shape index (κ3) is 2.72. The number of amides is 3. The SMILES string of the molecule is O=C1COc2cc(F)c(N3C(=O)C4=C(CCCC4)C3=O)cc2N1Cc1ccon1. The van der Waals surface area contributed by atoms with Gasteiger partial charge in [0.1, 0.15) is 17.7 Å². The number of benzene rings is 1. The molecule has 0 N–H and O–H groups in total. The van der Waals surface area contributed by atoms with Crippen molar-refractivity contribution >= 4 is 29.1 Å². The third-order valence-electron chi connectivity index (χ3n) is 5.41. The Hall–Kier alpha value is -3.49. The van der Waals surface area contributed by atoms with Crippen LogP contribution in [0.2, 0.25) is 0 Å². The second-order valence-corrected chi connectivity index (χ2v) is 7.14. The maximum atomic E-state index is 14.9. The molecule has 0 spiro atoms. The number of nitrogens with zero attached hydrogens (tertiary/aromatic N) is 3. The van der Waals surface area contributed by atoms with Crippen LogP contribution in [0.5, 0.6) is 5.75 Å². The summed E-state index contributed by atoms with van der Waals surface area (Å²) in [5, 5.41) is 3.80. The largest absolute Gasteiger partial charge is 0.481 e. The van der Waals surface area contributed by atoms with Crippen LogP contribution in [-0.2, 0) is 20.9 Å². The van der Waals surface area contributed by atoms with Crippen LogP contribution in [0.15, 0.2) is 40.1 Å². The molecule has 148 valence electrons. The Morgan fingerprint density at radius 2 is 1.76 bits per heavy atom. The molecule has 3 aliphatic rings. The number of hydrogen-bond donors (Lipinski definition) is 0. The second-order valence-electron chi connectivity index (χ2n) is 7.14. The lowest BCUT2D eigenvalue weighted by atomic mass is 9.93. The first-order valence-electron chi connectivity index (χ1n) is 9.31. The lowest BCUT2D eigenvalue weighted by Gasteiger charge is -2.30. The van der Waals surface area contributed by atoms with Gasteiger partial charge in [0.15, 0.2) is 12.4 Å². The van der Waals surface area contributed by atoms with E-state index in [9.17, 15) is 18.8 Å². The number of halogens is 1. The van der Waals surface area contributed by atoms with E-state index < -0.39 is 17.6 Å². The molecule has 1 aromatic heterocycles. The molecular weight excluding hydrogens is 381 g/mol. The number of rotatable bonds is 3. The number of carbonyl (C=O) groups is 3. The maximum absolute atomic E-state index is 14.9. The highest BCUT2D eigenvalue weighted by atomic mass is 19.1. The van der Waals surface area contributed by atoms with E-state index in [4.69, 9.17) is 9.26 Å². The molecule has 0 fully saturated rings. The topological polar surface area (TPSA) is 93.0 Å². The van der Waals surface area contributed by atoms with Gasteiger partial charge in [-0.1, -0.05) is 5.16 Å². The molecule has 1 aliphatic carbocycles. The summed E-state index contributed by atoms with van der Waals surface area (Å²) in [5.74, 6) is -1.94. The van der Waals surface area contributed by atoms with Crippen LogP contribution in [0.4, 0.5) is 15.8 Å². The molecule has 9 heteroatoms. The highest BCUT2D eigenvalue weighted by Crippen LogP contribution is 2.42. The molecule has 5 rings (SSSR count). The number of imide groups is 1. The first-order chi connectivity index (χ1) is 14.0. The smallest absolute Gasteiger partial charge is 0.265 e. The monoisotopic (exact) mass is 397 g/mol. The summed E-state index contributed by atoms with van der Waals surface area (Å²) in [5.41, 5.74) is 1.51. The van der Waals surface area contributed by atoms with Crippen molar-refractivity contribution in [3.05, 3.63) is 47.1 Å². The lowest BCUT2D eigenvalue weighted by Crippen LogP contribution is -2.39. The van der Waals surface area contributed by atoms with Gasteiger partial charge in [-0.25, -0.2) is 9.29 Å². The molecule has 3 amide bonds. The average Bonchev–Trinajstić information content (AvgIpc) is 3.32. The molecule has 2 aliphatic heterocycles. The number of ether oxygens (including phenoxy) is 1. The van der Waals surface area contributed by atoms with Crippen molar-refractivity contribution < 1.29 is 28.0 Å². The van der Waals surface area contributed by atoms with Crippen molar-refractivity contribution in [3.63, 3.8) is 0 Å². The molecule has 0 saturated heterocycles. The minimum Gasteiger partial charge on any atom is -0.481 e. The van der Waals surface area contributed by atoms with Crippen molar-refractivity contribution in [2.24, 2.45) is 0 Å². The van der Waals surface area contributed by atoms with Crippen molar-refractivity contribution in [3.8, 4) is 5.75 Å². The summed E-state index contributed by atoms with van der Waals surface area (Å²) in [6.45, 7) is -0.158. The Balaban J connectivity index is 1.56. The van der Waals surface area contributed by atoms with E-state index >= 15 is 0 Å². The highest BCUT2D eigenvalue weighted by molar-refractivity contribution is 6.33. The standard InChI is InChI=1S/C20H16FN3O5/c21-14-7-17-16(23(18(25)10-28-17)9-11-5-6-29-22-11)8-15(14)24-19(26)12-3-1-2-4-13(12)20(24)27/h5-8H,1-4,9-10H2. The van der Waals surface area contributed by atoms with Gasteiger partial charge in [0.2, 0.25) is 0 Å². The lowest BCUT2D eigenvalue weighted by molar-refractivity contribution is -0.122. The van der Waals surface area contributed by atoms with E-state index in [0.29, 0.717) is 29.7 Å². The Bertz CT molecular complexity index is 1050. The van der Waals surface area contributed by atoms with Gasteiger partial charge in [0, 0.05) is 23.3 Å². The van der Waals surface area contributed by atoms with Crippen molar-refractivity contribution in [1.29, 1.82) is 0 Å². The molecule has 29 heavy (non-hydrogen) atoms. The Kier molecular flexibility index (Phi) is 3.97. The highest BCUT2D eigenvalue weighted by Gasteiger charge is 2.41. The van der Waals surface area contributed by atoms with Crippen molar-refractivity contribution in [2.45, 2.75) is 32.2 Å². The van der Waals surface area contributed by atoms with Gasteiger partial charge in [-0.3, -0.25) is 19.3 Å². The summed E-state index contributed by atoms with van der Waals surface area (Å²) in [6, 6.07) is 4.03. The molecule has 0 radical (unpaired) electrons. The molecular formula is C20H16FN3O5. The van der Waals surface area contributed by atoms with E-state index in [1.54, 1.807) is 6.07 Å². The molecule has 0 unspecified atom stereocenters. The molecule has 8 nitrogen and oxygen atoms in total. The summed E-state index contributed by atoms with van der Waals surface area (Å²) < 4.78 is 25.0. The zero-order chi connectivity index (χ0) is 20.1. The van der Waals surface area contributed by atoms with Crippen LogP contribution >= 0.6 is 0 Å². The molecule has 3 heterocycles. The Labute approximate surface area is 164 Å². The van der Waals surface area contributed by atoms with Crippen LogP contribution < -0.4 is 14.5 Å². The van der Waals surface area contributed by atoms with E-state index in [1.165, 1.54) is 17.2 Å². The normalized spacial score (nSPS) is 18.9. The fourth-order valence-electron chi connectivity index (χ4n) is 3.99. The van der Waals surface area contributed by atoms with Gasteiger partial charge in [0.05, 0.1) is 17.9 Å².